The van der Waals surface area contributed by atoms with Gasteiger partial charge in [0.05, 0.1) is 47.8 Å². The van der Waals surface area contributed by atoms with Gasteiger partial charge in [0, 0.05) is 6.20 Å². The fraction of sp³-hybridized carbons (Fsp3) is 0.333. The van der Waals surface area contributed by atoms with Gasteiger partial charge in [0.2, 0.25) is 0 Å². The van der Waals surface area contributed by atoms with Gasteiger partial charge in [-0.2, -0.15) is 5.10 Å². The number of aliphatic hydroxyl groups excluding tert-OH is 1. The van der Waals surface area contributed by atoms with Crippen LogP contribution in [0.5, 0.6) is 0 Å². The van der Waals surface area contributed by atoms with Crippen LogP contribution < -0.4 is 0 Å². The highest BCUT2D eigenvalue weighted by Gasteiger charge is 2.11. The van der Waals surface area contributed by atoms with Crippen LogP contribution in [-0.4, -0.2) is 30.5 Å². The number of aryl methyl sites for hydroxylation is 2. The minimum atomic E-state index is -0.556. The van der Waals surface area contributed by atoms with Gasteiger partial charge in [0.15, 0.2) is 0 Å². The van der Waals surface area contributed by atoms with Crippen LogP contribution in [0.15, 0.2) is 30.9 Å². The molecule has 3 rings (SSSR count). The molecular formula is C15H17ClN4O. The van der Waals surface area contributed by atoms with Gasteiger partial charge in [-0.25, -0.2) is 4.98 Å². The number of imidazole rings is 1. The summed E-state index contributed by atoms with van der Waals surface area (Å²) in [5, 5.41) is 14.9. The van der Waals surface area contributed by atoms with Crippen LogP contribution in [0.25, 0.3) is 11.0 Å². The highest BCUT2D eigenvalue weighted by atomic mass is 35.5. The Balaban J connectivity index is 1.79. The number of aromatic nitrogens is 4. The van der Waals surface area contributed by atoms with Crippen molar-refractivity contribution in [1.82, 2.24) is 19.3 Å². The van der Waals surface area contributed by atoms with E-state index in [2.05, 4.69) is 36.1 Å². The number of halogens is 1. The molecule has 0 spiro atoms. The molecule has 1 aromatic carbocycles. The van der Waals surface area contributed by atoms with Crippen LogP contribution in [0.1, 0.15) is 11.1 Å². The van der Waals surface area contributed by atoms with Crippen molar-refractivity contribution < 1.29 is 5.11 Å². The Morgan fingerprint density at radius 1 is 1.24 bits per heavy atom. The summed E-state index contributed by atoms with van der Waals surface area (Å²) in [4.78, 5) is 4.39. The minimum absolute atomic E-state index is 0.400. The summed E-state index contributed by atoms with van der Waals surface area (Å²) in [6, 6.07) is 4.18. The van der Waals surface area contributed by atoms with E-state index in [9.17, 15) is 5.11 Å². The maximum atomic E-state index is 10.2. The summed E-state index contributed by atoms with van der Waals surface area (Å²) >= 11 is 5.82. The maximum absolute atomic E-state index is 10.2. The molecule has 1 atom stereocenters. The topological polar surface area (TPSA) is 55.9 Å². The number of hydrogen-bond donors (Lipinski definition) is 1. The first kappa shape index (κ1) is 14.1. The second kappa shape index (κ2) is 5.50. The molecule has 0 amide bonds. The molecule has 3 aromatic rings. The molecule has 0 fully saturated rings. The standard InChI is InChI=1S/C15H17ClN4O/c1-10-3-14-15(4-11(10)2)19(9-17-14)7-13(21)8-20-6-12(16)5-18-20/h3-6,9,13,21H,7-8H2,1-2H3/t13-/m0/s1. The van der Waals surface area contributed by atoms with Crippen molar-refractivity contribution in [3.63, 3.8) is 0 Å². The normalized spacial score (nSPS) is 13.0. The van der Waals surface area contributed by atoms with Crippen LogP contribution in [0.3, 0.4) is 0 Å². The number of rotatable bonds is 4. The minimum Gasteiger partial charge on any atom is -0.389 e. The Hall–Kier alpha value is -1.85. The van der Waals surface area contributed by atoms with Crippen LogP contribution in [0.2, 0.25) is 5.02 Å². The van der Waals surface area contributed by atoms with Crippen LogP contribution in [0.4, 0.5) is 0 Å². The molecule has 21 heavy (non-hydrogen) atoms. The third-order valence-corrected chi connectivity index (χ3v) is 3.84. The van der Waals surface area contributed by atoms with E-state index < -0.39 is 6.10 Å². The van der Waals surface area contributed by atoms with Gasteiger partial charge in [-0.1, -0.05) is 11.6 Å². The van der Waals surface area contributed by atoms with Crippen molar-refractivity contribution in [3.05, 3.63) is 47.0 Å². The van der Waals surface area contributed by atoms with Gasteiger partial charge in [0.1, 0.15) is 0 Å². The Kier molecular flexibility index (Phi) is 3.69. The highest BCUT2D eigenvalue weighted by molar-refractivity contribution is 6.30. The number of nitrogens with zero attached hydrogens (tertiary/aromatic N) is 4. The third-order valence-electron chi connectivity index (χ3n) is 3.64. The molecule has 110 valence electrons. The predicted molar refractivity (Wildman–Crippen MR) is 82.5 cm³/mol. The van der Waals surface area contributed by atoms with Crippen molar-refractivity contribution in [2.45, 2.75) is 33.0 Å². The number of aliphatic hydroxyl groups is 1. The fourth-order valence-corrected chi connectivity index (χ4v) is 2.55. The molecule has 6 heteroatoms. The molecule has 0 saturated heterocycles. The Bertz CT molecular complexity index is 777. The molecule has 2 aromatic heterocycles. The Morgan fingerprint density at radius 2 is 2.00 bits per heavy atom. The largest absolute Gasteiger partial charge is 0.389 e. The van der Waals surface area contributed by atoms with Gasteiger partial charge < -0.3 is 9.67 Å². The summed E-state index contributed by atoms with van der Waals surface area (Å²) in [5.74, 6) is 0. The summed E-state index contributed by atoms with van der Waals surface area (Å²) < 4.78 is 3.61. The molecular weight excluding hydrogens is 288 g/mol. The molecule has 0 radical (unpaired) electrons. The second-order valence-electron chi connectivity index (χ2n) is 5.36. The van der Waals surface area contributed by atoms with Crippen LogP contribution in [-0.2, 0) is 13.1 Å². The average Bonchev–Trinajstić information content (AvgIpc) is 2.98. The van der Waals surface area contributed by atoms with Gasteiger partial charge >= 0.3 is 0 Å². The van der Waals surface area contributed by atoms with Crippen LogP contribution >= 0.6 is 11.6 Å². The highest BCUT2D eigenvalue weighted by Crippen LogP contribution is 2.18. The summed E-state index contributed by atoms with van der Waals surface area (Å²) in [5.41, 5.74) is 4.43. The fourth-order valence-electron chi connectivity index (χ4n) is 2.40. The lowest BCUT2D eigenvalue weighted by Crippen LogP contribution is -2.22. The second-order valence-corrected chi connectivity index (χ2v) is 5.79. The molecule has 0 aliphatic carbocycles. The van der Waals surface area contributed by atoms with Gasteiger partial charge in [0.25, 0.3) is 0 Å². The van der Waals surface area contributed by atoms with E-state index in [1.54, 1.807) is 23.4 Å². The quantitative estimate of drug-likeness (QED) is 0.806. The molecule has 0 aliphatic heterocycles. The molecule has 0 unspecified atom stereocenters. The summed E-state index contributed by atoms with van der Waals surface area (Å²) in [6.45, 7) is 5.02. The van der Waals surface area contributed by atoms with Crippen molar-refractivity contribution in [3.8, 4) is 0 Å². The number of fused-ring (bicyclic) bond motifs is 1. The van der Waals surface area contributed by atoms with Crippen LogP contribution in [0, 0.1) is 13.8 Å². The Morgan fingerprint density at radius 3 is 2.71 bits per heavy atom. The first-order valence-corrected chi connectivity index (χ1v) is 7.19. The van der Waals surface area contributed by atoms with Crippen molar-refractivity contribution >= 4 is 22.6 Å². The molecule has 0 aliphatic rings. The number of benzene rings is 1. The van der Waals surface area contributed by atoms with Crippen molar-refractivity contribution in [2.24, 2.45) is 0 Å². The molecule has 0 bridgehead atoms. The monoisotopic (exact) mass is 304 g/mol. The van der Waals surface area contributed by atoms with E-state index in [0.29, 0.717) is 18.1 Å². The van der Waals surface area contributed by atoms with E-state index in [0.717, 1.165) is 11.0 Å². The number of hydrogen-bond acceptors (Lipinski definition) is 3. The summed E-state index contributed by atoms with van der Waals surface area (Å²) in [7, 11) is 0. The lowest BCUT2D eigenvalue weighted by Gasteiger charge is -2.12. The first-order chi connectivity index (χ1) is 10.0. The van der Waals surface area contributed by atoms with Crippen molar-refractivity contribution in [1.29, 1.82) is 0 Å². The van der Waals surface area contributed by atoms with E-state index in [-0.39, 0.29) is 0 Å². The lowest BCUT2D eigenvalue weighted by molar-refractivity contribution is 0.131. The van der Waals surface area contributed by atoms with Gasteiger partial charge in [-0.05, 0) is 37.1 Å². The maximum Gasteiger partial charge on any atom is 0.0959 e. The average molecular weight is 305 g/mol. The molecule has 0 saturated carbocycles. The summed E-state index contributed by atoms with van der Waals surface area (Å²) in [6.07, 6.45) is 4.47. The smallest absolute Gasteiger partial charge is 0.0959 e. The lowest BCUT2D eigenvalue weighted by atomic mass is 10.1. The van der Waals surface area contributed by atoms with Gasteiger partial charge in [-0.3, -0.25) is 4.68 Å². The van der Waals surface area contributed by atoms with E-state index >= 15 is 0 Å². The molecule has 5 nitrogen and oxygen atoms in total. The Labute approximate surface area is 127 Å². The molecule has 1 N–H and O–H groups in total. The predicted octanol–water partition coefficient (Wildman–Crippen LogP) is 2.56. The third kappa shape index (κ3) is 2.94. The zero-order valence-electron chi connectivity index (χ0n) is 12.0. The van der Waals surface area contributed by atoms with Crippen molar-refractivity contribution in [2.75, 3.05) is 0 Å². The zero-order valence-corrected chi connectivity index (χ0v) is 12.7. The van der Waals surface area contributed by atoms with E-state index in [1.807, 2.05) is 4.57 Å². The SMILES string of the molecule is Cc1cc2ncn(C[C@H](O)Cn3cc(Cl)cn3)c2cc1C. The zero-order chi connectivity index (χ0) is 15.0. The van der Waals surface area contributed by atoms with E-state index in [4.69, 9.17) is 11.6 Å². The van der Waals surface area contributed by atoms with Gasteiger partial charge in [-0.15, -0.1) is 0 Å². The van der Waals surface area contributed by atoms with E-state index in [1.165, 1.54) is 11.1 Å². The molecule has 2 heterocycles. The first-order valence-electron chi connectivity index (χ1n) is 6.81.